The maximum absolute atomic E-state index is 11.6. The first-order chi connectivity index (χ1) is 11.0. The van der Waals surface area contributed by atoms with Gasteiger partial charge >= 0.3 is 0 Å². The lowest BCUT2D eigenvalue weighted by atomic mass is 10.2. The van der Waals surface area contributed by atoms with Crippen LogP contribution in [-0.2, 0) is 19.1 Å². The summed E-state index contributed by atoms with van der Waals surface area (Å²) in [6.07, 6.45) is 3.97. The van der Waals surface area contributed by atoms with Crippen LogP contribution in [0.3, 0.4) is 0 Å². The van der Waals surface area contributed by atoms with Gasteiger partial charge in [0.2, 0.25) is 11.8 Å². The van der Waals surface area contributed by atoms with Crippen molar-refractivity contribution in [1.29, 1.82) is 0 Å². The molecule has 6 nitrogen and oxygen atoms in total. The van der Waals surface area contributed by atoms with Gasteiger partial charge in [-0.15, -0.1) is 0 Å². The molecule has 0 bridgehead atoms. The van der Waals surface area contributed by atoms with Crippen LogP contribution in [-0.4, -0.2) is 43.4 Å². The number of hydrogen-bond acceptors (Lipinski definition) is 4. The highest BCUT2D eigenvalue weighted by Gasteiger charge is 2.05. The molecule has 0 saturated carbocycles. The third-order valence-electron chi connectivity index (χ3n) is 3.25. The van der Waals surface area contributed by atoms with Crippen molar-refractivity contribution in [3.63, 3.8) is 0 Å². The van der Waals surface area contributed by atoms with E-state index in [2.05, 4.69) is 10.6 Å². The molecule has 0 aliphatic heterocycles. The van der Waals surface area contributed by atoms with Crippen LogP contribution in [0.5, 0.6) is 0 Å². The molecule has 0 aliphatic rings. The molecule has 0 unspecified atom stereocenters. The van der Waals surface area contributed by atoms with E-state index in [1.807, 2.05) is 20.8 Å². The minimum absolute atomic E-state index is 0. The number of Topliss-reactive ketones (excluding diaryl/α,β-unsaturated/α-hetero) is 1. The normalized spacial score (nSPS) is 10.6. The number of carbonyl (C=O) groups excluding carboxylic acids is 3. The molecular weight excluding hydrogens is 296 g/mol. The maximum atomic E-state index is 11.6. The summed E-state index contributed by atoms with van der Waals surface area (Å²) in [5.74, 6) is 0.123. The minimum Gasteiger partial charge on any atom is -0.379 e. The van der Waals surface area contributed by atoms with Crippen LogP contribution < -0.4 is 10.6 Å². The predicted molar refractivity (Wildman–Crippen MR) is 94.3 cm³/mol. The van der Waals surface area contributed by atoms with Gasteiger partial charge in [-0.3, -0.25) is 14.4 Å². The van der Waals surface area contributed by atoms with Crippen molar-refractivity contribution >= 4 is 17.6 Å². The third kappa shape index (κ3) is 15.2. The van der Waals surface area contributed by atoms with Crippen molar-refractivity contribution in [2.75, 3.05) is 19.7 Å². The van der Waals surface area contributed by atoms with Gasteiger partial charge in [0.25, 0.3) is 0 Å². The molecule has 23 heavy (non-hydrogen) atoms. The monoisotopic (exact) mass is 332 g/mol. The van der Waals surface area contributed by atoms with Crippen molar-refractivity contribution in [1.82, 2.24) is 10.6 Å². The summed E-state index contributed by atoms with van der Waals surface area (Å²) in [5, 5.41) is 5.58. The fraction of sp³-hybridized carbons (Fsp3) is 0.824. The van der Waals surface area contributed by atoms with Crippen LogP contribution in [0.1, 0.15) is 68.6 Å². The highest BCUT2D eigenvalue weighted by Crippen LogP contribution is 1.97. The average Bonchev–Trinajstić information content (AvgIpc) is 2.50. The fourth-order valence-electron chi connectivity index (χ4n) is 1.90. The van der Waals surface area contributed by atoms with Gasteiger partial charge < -0.3 is 15.4 Å². The molecule has 138 valence electrons. The molecule has 2 amide bonds. The zero-order chi connectivity index (χ0) is 17.5. The van der Waals surface area contributed by atoms with E-state index < -0.39 is 0 Å². The first-order valence-corrected chi connectivity index (χ1v) is 8.62. The molecule has 0 aromatic heterocycles. The van der Waals surface area contributed by atoms with Crippen LogP contribution in [0, 0.1) is 0 Å². The van der Waals surface area contributed by atoms with Crippen LogP contribution in [0.2, 0.25) is 0 Å². The van der Waals surface area contributed by atoms with Gasteiger partial charge in [0.15, 0.2) is 0 Å². The van der Waals surface area contributed by atoms with Crippen molar-refractivity contribution in [2.24, 2.45) is 0 Å². The summed E-state index contributed by atoms with van der Waals surface area (Å²) < 4.78 is 5.38. The molecule has 0 spiro atoms. The molecule has 0 saturated heterocycles. The average molecular weight is 332 g/mol. The molecule has 0 aliphatic carbocycles. The predicted octanol–water partition coefficient (Wildman–Crippen LogP) is 2.46. The fourth-order valence-corrected chi connectivity index (χ4v) is 1.90. The third-order valence-corrected chi connectivity index (χ3v) is 3.25. The van der Waals surface area contributed by atoms with Gasteiger partial charge in [-0.2, -0.15) is 0 Å². The van der Waals surface area contributed by atoms with Gasteiger partial charge in [0.05, 0.1) is 6.10 Å². The van der Waals surface area contributed by atoms with E-state index >= 15 is 0 Å². The molecule has 0 heterocycles. The summed E-state index contributed by atoms with van der Waals surface area (Å²) >= 11 is 0. The Hall–Kier alpha value is -1.43. The van der Waals surface area contributed by atoms with Crippen LogP contribution in [0.25, 0.3) is 0 Å². The quantitative estimate of drug-likeness (QED) is 0.479. The second kappa shape index (κ2) is 14.2. The lowest BCUT2D eigenvalue weighted by Gasteiger charge is -2.08. The number of rotatable bonds is 14. The Bertz CT molecular complexity index is 367. The second-order valence-electron chi connectivity index (χ2n) is 5.82. The Labute approximate surface area is 142 Å². The van der Waals surface area contributed by atoms with E-state index in [0.717, 1.165) is 6.42 Å². The Morgan fingerprint density at radius 2 is 1.48 bits per heavy atom. The van der Waals surface area contributed by atoms with Crippen molar-refractivity contribution in [3.05, 3.63) is 0 Å². The molecule has 0 atom stereocenters. The van der Waals surface area contributed by atoms with E-state index in [4.69, 9.17) is 4.74 Å². The van der Waals surface area contributed by atoms with E-state index in [1.54, 1.807) is 0 Å². The maximum Gasteiger partial charge on any atom is 0.220 e. The number of ether oxygens (including phenoxy) is 1. The van der Waals surface area contributed by atoms with Crippen molar-refractivity contribution in [2.45, 2.75) is 71.8 Å². The van der Waals surface area contributed by atoms with Gasteiger partial charge in [0, 0.05) is 48.2 Å². The number of nitrogens with one attached hydrogen (secondary N) is 2. The Balaban J connectivity index is -0.00000242. The lowest BCUT2D eigenvalue weighted by molar-refractivity contribution is -0.123. The van der Waals surface area contributed by atoms with Crippen molar-refractivity contribution in [3.8, 4) is 0 Å². The summed E-state index contributed by atoms with van der Waals surface area (Å²) in [6, 6.07) is 0. The standard InChI is InChI=1S/C17H32N2O4.2H2/c1-4-15(20)8-6-11-18-16(21)9-5-10-17(22)19-12-7-13-23-14(2)3;;/h14H,4-13H2,1-3H3,(H,18,21)(H,19,22);2*1H. The summed E-state index contributed by atoms with van der Waals surface area (Å²) in [4.78, 5) is 34.2. The highest BCUT2D eigenvalue weighted by atomic mass is 16.5. The molecule has 0 rings (SSSR count). The number of amides is 2. The van der Waals surface area contributed by atoms with Gasteiger partial charge in [0.1, 0.15) is 5.78 Å². The van der Waals surface area contributed by atoms with Crippen LogP contribution in [0.15, 0.2) is 0 Å². The van der Waals surface area contributed by atoms with Crippen molar-refractivity contribution < 1.29 is 22.0 Å². The molecule has 0 aromatic rings. The highest BCUT2D eigenvalue weighted by molar-refractivity contribution is 5.79. The summed E-state index contributed by atoms with van der Waals surface area (Å²) in [6.45, 7) is 7.55. The van der Waals surface area contributed by atoms with Gasteiger partial charge in [-0.05, 0) is 33.1 Å². The van der Waals surface area contributed by atoms with Crippen LogP contribution in [0.4, 0.5) is 0 Å². The van der Waals surface area contributed by atoms with Crippen LogP contribution >= 0.6 is 0 Å². The van der Waals surface area contributed by atoms with Gasteiger partial charge in [-0.25, -0.2) is 0 Å². The first-order valence-electron chi connectivity index (χ1n) is 8.62. The molecule has 0 aromatic carbocycles. The van der Waals surface area contributed by atoms with E-state index in [1.165, 1.54) is 0 Å². The lowest BCUT2D eigenvalue weighted by Crippen LogP contribution is -2.27. The van der Waals surface area contributed by atoms with E-state index in [9.17, 15) is 14.4 Å². The minimum atomic E-state index is -0.0629. The van der Waals surface area contributed by atoms with E-state index in [0.29, 0.717) is 58.2 Å². The van der Waals surface area contributed by atoms with E-state index in [-0.39, 0.29) is 26.6 Å². The molecule has 6 heteroatoms. The Morgan fingerprint density at radius 3 is 2.00 bits per heavy atom. The Kier molecular flexibility index (Phi) is 13.3. The largest absolute Gasteiger partial charge is 0.379 e. The Morgan fingerprint density at radius 1 is 0.913 bits per heavy atom. The first kappa shape index (κ1) is 21.6. The zero-order valence-electron chi connectivity index (χ0n) is 14.8. The molecule has 2 N–H and O–H groups in total. The smallest absolute Gasteiger partial charge is 0.220 e. The molecular formula is C17H36N2O4. The number of ketones is 1. The SMILES string of the molecule is CCC(=O)CCCNC(=O)CCCC(=O)NCCCOC(C)C.[HH].[HH]. The molecule has 0 fully saturated rings. The number of hydrogen-bond donors (Lipinski definition) is 2. The second-order valence-corrected chi connectivity index (χ2v) is 5.82. The summed E-state index contributed by atoms with van der Waals surface area (Å²) in [7, 11) is 0. The topological polar surface area (TPSA) is 84.5 Å². The van der Waals surface area contributed by atoms with Gasteiger partial charge in [-0.1, -0.05) is 6.92 Å². The zero-order valence-corrected chi connectivity index (χ0v) is 14.8. The summed E-state index contributed by atoms with van der Waals surface area (Å²) in [5.41, 5.74) is 0. The number of carbonyl (C=O) groups is 3. The molecule has 0 radical (unpaired) electrons.